The van der Waals surface area contributed by atoms with Crippen molar-refractivity contribution in [3.05, 3.63) is 0 Å². The first-order valence-corrected chi connectivity index (χ1v) is 9.73. The van der Waals surface area contributed by atoms with Crippen LogP contribution >= 0.6 is 24.0 Å². The Hall–Kier alpha value is 0.110. The minimum absolute atomic E-state index is 0. The average Bonchev–Trinajstić information content (AvgIpc) is 2.46. The number of hydrogen-bond donors (Lipinski definition) is 1. The zero-order valence-corrected chi connectivity index (χ0v) is 18.4. The van der Waals surface area contributed by atoms with E-state index in [1.165, 1.54) is 0 Å². The molecule has 1 N–H and O–H groups in total. The van der Waals surface area contributed by atoms with Crippen LogP contribution in [-0.4, -0.2) is 64.5 Å². The highest BCUT2D eigenvalue weighted by Crippen LogP contribution is 2.14. The van der Waals surface area contributed by atoms with Gasteiger partial charge < -0.3 is 15.0 Å². The zero-order valence-electron chi connectivity index (χ0n) is 15.3. The number of aliphatic imine (C=N–C) groups is 1. The number of ether oxygens (including phenoxy) is 1. The van der Waals surface area contributed by atoms with Gasteiger partial charge >= 0.3 is 0 Å². The second kappa shape index (κ2) is 11.6. The predicted molar refractivity (Wildman–Crippen MR) is 110 cm³/mol. The lowest BCUT2D eigenvalue weighted by atomic mass is 10.1. The molecule has 0 aromatic heterocycles. The van der Waals surface area contributed by atoms with Gasteiger partial charge in [-0.05, 0) is 47.5 Å². The van der Waals surface area contributed by atoms with E-state index in [9.17, 15) is 4.21 Å². The Kier molecular flexibility index (Phi) is 11.7. The van der Waals surface area contributed by atoms with Crippen molar-refractivity contribution in [2.75, 3.05) is 38.5 Å². The number of nitrogens with zero attached hydrogens (tertiary/aromatic N) is 2. The van der Waals surface area contributed by atoms with Crippen molar-refractivity contribution in [1.82, 2.24) is 10.2 Å². The Bertz CT molecular complexity index is 378. The van der Waals surface area contributed by atoms with Crippen LogP contribution in [0.3, 0.4) is 0 Å². The fraction of sp³-hybridized carbons (Fsp3) is 0.938. The summed E-state index contributed by atoms with van der Waals surface area (Å²) in [5, 5.41) is 3.35. The van der Waals surface area contributed by atoms with Gasteiger partial charge in [-0.15, -0.1) is 24.0 Å². The molecular weight excluding hydrogens is 425 g/mol. The summed E-state index contributed by atoms with van der Waals surface area (Å²) in [6.07, 6.45) is 2.48. The highest BCUT2D eigenvalue weighted by molar-refractivity contribution is 14.0. The highest BCUT2D eigenvalue weighted by atomic mass is 127. The molecule has 5 nitrogen and oxygen atoms in total. The van der Waals surface area contributed by atoms with Crippen LogP contribution in [0.2, 0.25) is 0 Å². The van der Waals surface area contributed by atoms with E-state index in [0.717, 1.165) is 45.0 Å². The van der Waals surface area contributed by atoms with Crippen LogP contribution in [0.15, 0.2) is 4.99 Å². The van der Waals surface area contributed by atoms with Gasteiger partial charge in [0.15, 0.2) is 5.96 Å². The predicted octanol–water partition coefficient (Wildman–Crippen LogP) is 2.62. The van der Waals surface area contributed by atoms with E-state index in [2.05, 4.69) is 22.1 Å². The lowest BCUT2D eigenvalue weighted by Crippen LogP contribution is -2.47. The summed E-state index contributed by atoms with van der Waals surface area (Å²) in [6.45, 7) is 14.4. The molecule has 0 amide bonds. The van der Waals surface area contributed by atoms with Gasteiger partial charge in [-0.25, -0.2) is 0 Å². The van der Waals surface area contributed by atoms with Gasteiger partial charge in [0.05, 0.1) is 12.6 Å². The second-order valence-electron chi connectivity index (χ2n) is 6.54. The third-order valence-corrected chi connectivity index (χ3v) is 5.62. The van der Waals surface area contributed by atoms with Crippen LogP contribution in [0.4, 0.5) is 0 Å². The third-order valence-electron chi connectivity index (χ3n) is 3.70. The van der Waals surface area contributed by atoms with Gasteiger partial charge in [0, 0.05) is 47.5 Å². The summed E-state index contributed by atoms with van der Waals surface area (Å²) in [4.78, 5) is 6.95. The molecule has 0 saturated carbocycles. The molecule has 1 atom stereocenters. The molecular formula is C16H34IN3O2S. The lowest BCUT2D eigenvalue weighted by molar-refractivity contribution is 0.0264. The number of rotatable bonds is 6. The molecule has 0 radical (unpaired) electrons. The van der Waals surface area contributed by atoms with Crippen LogP contribution in [0, 0.1) is 0 Å². The molecule has 0 bridgehead atoms. The van der Waals surface area contributed by atoms with E-state index in [0.29, 0.717) is 18.4 Å². The fourth-order valence-corrected chi connectivity index (χ4v) is 3.31. The SMILES string of the molecule is CCNC(=NCCS(=O)C(C)(C)C)N1CCC(OCC)CC1.I. The molecule has 1 heterocycles. The Morgan fingerprint density at radius 2 is 1.91 bits per heavy atom. The molecule has 138 valence electrons. The van der Waals surface area contributed by atoms with E-state index >= 15 is 0 Å². The fourth-order valence-electron chi connectivity index (χ4n) is 2.44. The molecule has 1 fully saturated rings. The van der Waals surface area contributed by atoms with E-state index < -0.39 is 10.8 Å². The number of nitrogens with one attached hydrogen (secondary N) is 1. The summed E-state index contributed by atoms with van der Waals surface area (Å²) in [5.74, 6) is 1.57. The smallest absolute Gasteiger partial charge is 0.193 e. The van der Waals surface area contributed by atoms with Crippen LogP contribution < -0.4 is 5.32 Å². The molecule has 1 aliphatic rings. The van der Waals surface area contributed by atoms with E-state index in [1.54, 1.807) is 0 Å². The molecule has 0 aliphatic carbocycles. The molecule has 1 saturated heterocycles. The number of halogens is 1. The summed E-state index contributed by atoms with van der Waals surface area (Å²) in [5.41, 5.74) is 0. The largest absolute Gasteiger partial charge is 0.378 e. The van der Waals surface area contributed by atoms with Crippen molar-refractivity contribution in [1.29, 1.82) is 0 Å². The molecule has 7 heteroatoms. The monoisotopic (exact) mass is 459 g/mol. The first kappa shape index (κ1) is 23.1. The Labute approximate surface area is 161 Å². The number of hydrogen-bond acceptors (Lipinski definition) is 3. The maximum atomic E-state index is 12.1. The Morgan fingerprint density at radius 1 is 1.30 bits per heavy atom. The van der Waals surface area contributed by atoms with Gasteiger partial charge in [0.1, 0.15) is 0 Å². The molecule has 0 aromatic rings. The molecule has 1 rings (SSSR count). The number of piperidine rings is 1. The standard InChI is InChI=1S/C16H33N3O2S.HI/c1-6-17-15(18-10-13-22(20)16(3,4)5)19-11-8-14(9-12-19)21-7-2;/h14H,6-13H2,1-5H3,(H,17,18);1H. The molecule has 0 spiro atoms. The van der Waals surface area contributed by atoms with Crippen LogP contribution in [0.25, 0.3) is 0 Å². The van der Waals surface area contributed by atoms with Crippen LogP contribution in [0.1, 0.15) is 47.5 Å². The number of guanidine groups is 1. The minimum atomic E-state index is -0.844. The van der Waals surface area contributed by atoms with E-state index in [4.69, 9.17) is 4.74 Å². The third kappa shape index (κ3) is 8.67. The zero-order chi connectivity index (χ0) is 16.6. The molecule has 1 aliphatic heterocycles. The average molecular weight is 459 g/mol. The van der Waals surface area contributed by atoms with Crippen LogP contribution in [0.5, 0.6) is 0 Å². The quantitative estimate of drug-likeness (QED) is 0.377. The normalized spacial score (nSPS) is 18.5. The first-order valence-electron chi connectivity index (χ1n) is 8.41. The molecule has 23 heavy (non-hydrogen) atoms. The molecule has 1 unspecified atom stereocenters. The summed E-state index contributed by atoms with van der Waals surface area (Å²) < 4.78 is 17.6. The van der Waals surface area contributed by atoms with Gasteiger partial charge in [0.2, 0.25) is 0 Å². The van der Waals surface area contributed by atoms with Crippen molar-refractivity contribution >= 4 is 40.7 Å². The van der Waals surface area contributed by atoms with Gasteiger partial charge in [-0.1, -0.05) is 0 Å². The molecule has 0 aromatic carbocycles. The second-order valence-corrected chi connectivity index (χ2v) is 8.86. The maximum Gasteiger partial charge on any atom is 0.193 e. The summed E-state index contributed by atoms with van der Waals surface area (Å²) in [6, 6.07) is 0. The summed E-state index contributed by atoms with van der Waals surface area (Å²) >= 11 is 0. The van der Waals surface area contributed by atoms with Crippen molar-refractivity contribution in [3.8, 4) is 0 Å². The van der Waals surface area contributed by atoms with E-state index in [-0.39, 0.29) is 28.7 Å². The van der Waals surface area contributed by atoms with Crippen molar-refractivity contribution in [3.63, 3.8) is 0 Å². The van der Waals surface area contributed by atoms with Gasteiger partial charge in [-0.3, -0.25) is 9.20 Å². The van der Waals surface area contributed by atoms with Crippen molar-refractivity contribution < 1.29 is 8.95 Å². The lowest BCUT2D eigenvalue weighted by Gasteiger charge is -2.34. The Morgan fingerprint density at radius 3 is 2.39 bits per heavy atom. The van der Waals surface area contributed by atoms with Crippen molar-refractivity contribution in [2.24, 2.45) is 4.99 Å². The first-order chi connectivity index (χ1) is 10.4. The van der Waals surface area contributed by atoms with Gasteiger partial charge in [0.25, 0.3) is 0 Å². The highest BCUT2D eigenvalue weighted by Gasteiger charge is 2.22. The number of likely N-dealkylation sites (tertiary alicyclic amines) is 1. The van der Waals surface area contributed by atoms with Crippen LogP contribution in [-0.2, 0) is 15.5 Å². The maximum absolute atomic E-state index is 12.1. The Balaban J connectivity index is 0.00000484. The van der Waals surface area contributed by atoms with Gasteiger partial charge in [-0.2, -0.15) is 0 Å². The van der Waals surface area contributed by atoms with Crippen molar-refractivity contribution in [2.45, 2.75) is 58.3 Å². The summed E-state index contributed by atoms with van der Waals surface area (Å²) in [7, 11) is -0.844. The minimum Gasteiger partial charge on any atom is -0.378 e. The topological polar surface area (TPSA) is 53.9 Å². The van der Waals surface area contributed by atoms with E-state index in [1.807, 2.05) is 27.7 Å².